The van der Waals surface area contributed by atoms with Crippen LogP contribution in [0.5, 0.6) is 0 Å². The van der Waals surface area contributed by atoms with Crippen LogP contribution in [0.2, 0.25) is 0 Å². The third kappa shape index (κ3) is 4.83. The number of carbonyl (C=O) groups excluding carboxylic acids is 2. The summed E-state index contributed by atoms with van der Waals surface area (Å²) in [5.74, 6) is -0.648. The molecule has 0 spiro atoms. The Kier molecular flexibility index (Phi) is 6.33. The monoisotopic (exact) mass is 469 g/mol. The number of anilines is 1. The number of amidine groups is 1. The van der Waals surface area contributed by atoms with Crippen LogP contribution in [0, 0.1) is 0 Å². The third-order valence-electron chi connectivity index (χ3n) is 5.26. The number of allylic oxidation sites excluding steroid dienone is 3. The first kappa shape index (κ1) is 22.7. The zero-order chi connectivity index (χ0) is 23.6. The second-order valence-electron chi connectivity index (χ2n) is 7.66. The summed E-state index contributed by atoms with van der Waals surface area (Å²) >= 11 is 0. The molecule has 10 nitrogen and oxygen atoms in total. The molecule has 1 aliphatic carbocycles. The number of rotatable bonds is 6. The number of dihydropyridines is 1. The molecule has 4 N–H and O–H groups in total. The minimum Gasteiger partial charge on any atom is -0.395 e. The number of aliphatic imine (C=N–C) groups is 1. The predicted molar refractivity (Wildman–Crippen MR) is 123 cm³/mol. The van der Waals surface area contributed by atoms with Crippen molar-refractivity contribution in [2.45, 2.75) is 19.9 Å². The van der Waals surface area contributed by atoms with Crippen molar-refractivity contribution in [2.75, 3.05) is 30.8 Å². The van der Waals surface area contributed by atoms with Gasteiger partial charge in [0.1, 0.15) is 5.84 Å². The fraction of sp³-hybridized carbons (Fsp3) is 0.318. The lowest BCUT2D eigenvalue weighted by Crippen LogP contribution is -2.41. The second-order valence-corrected chi connectivity index (χ2v) is 9.75. The van der Waals surface area contributed by atoms with E-state index >= 15 is 0 Å². The number of ketones is 1. The molecule has 11 heteroatoms. The number of hydrogen-bond donors (Lipinski definition) is 4. The number of nitrogens with zero attached hydrogens (tertiary/aromatic N) is 2. The van der Waals surface area contributed by atoms with Crippen LogP contribution in [0.4, 0.5) is 5.69 Å². The minimum absolute atomic E-state index is 0.0252. The van der Waals surface area contributed by atoms with Gasteiger partial charge in [-0.1, -0.05) is 11.8 Å². The normalized spacial score (nSPS) is 17.9. The number of sulfonamides is 1. The lowest BCUT2D eigenvalue weighted by atomic mass is 10.0. The molecular formula is C22H23N5O5S. The maximum atomic E-state index is 13.1. The number of carbonyl (C=O) groups is 2. The molecule has 3 heterocycles. The summed E-state index contributed by atoms with van der Waals surface area (Å²) in [5.41, 5.74) is 9.17. The number of amides is 1. The Morgan fingerprint density at radius 2 is 2.18 bits per heavy atom. The highest BCUT2D eigenvalue weighted by Gasteiger charge is 2.36. The summed E-state index contributed by atoms with van der Waals surface area (Å²) < 4.78 is 26.0. The van der Waals surface area contributed by atoms with Crippen molar-refractivity contribution < 1.29 is 23.1 Å². The van der Waals surface area contributed by atoms with Gasteiger partial charge >= 0.3 is 0 Å². The molecule has 0 atom stereocenters. The van der Waals surface area contributed by atoms with Gasteiger partial charge in [-0.3, -0.25) is 14.6 Å². The highest BCUT2D eigenvalue weighted by atomic mass is 32.2. The van der Waals surface area contributed by atoms with Crippen LogP contribution >= 0.6 is 0 Å². The van der Waals surface area contributed by atoms with Crippen molar-refractivity contribution in [1.29, 1.82) is 0 Å². The molecule has 4 rings (SSSR count). The van der Waals surface area contributed by atoms with E-state index in [4.69, 9.17) is 5.11 Å². The van der Waals surface area contributed by atoms with E-state index in [0.717, 1.165) is 9.88 Å². The molecule has 172 valence electrons. The van der Waals surface area contributed by atoms with E-state index in [1.165, 1.54) is 6.92 Å². The fourth-order valence-corrected chi connectivity index (χ4v) is 4.98. The summed E-state index contributed by atoms with van der Waals surface area (Å²) in [4.78, 5) is 32.1. The van der Waals surface area contributed by atoms with Crippen molar-refractivity contribution in [2.24, 2.45) is 4.99 Å². The first-order chi connectivity index (χ1) is 15.8. The average Bonchev–Trinajstić information content (AvgIpc) is 3.13. The molecule has 0 saturated carbocycles. The maximum Gasteiger partial charge on any atom is 0.222 e. The number of aliphatic hydroxyl groups excluding tert-OH is 1. The number of Topliss-reactive ketones (excluding diaryl/α,β-unsaturated/α-hetero) is 1. The number of nitrogens with one attached hydrogen (secondary N) is 3. The fourth-order valence-electron chi connectivity index (χ4n) is 3.85. The Bertz CT molecular complexity index is 1320. The van der Waals surface area contributed by atoms with Gasteiger partial charge in [-0.05, 0) is 36.0 Å². The van der Waals surface area contributed by atoms with Crippen molar-refractivity contribution in [1.82, 2.24) is 14.6 Å². The Labute approximate surface area is 190 Å². The number of aliphatic hydroxyl groups is 1. The van der Waals surface area contributed by atoms with Crippen molar-refractivity contribution in [3.8, 4) is 0 Å². The summed E-state index contributed by atoms with van der Waals surface area (Å²) in [6.07, 6.45) is 7.56. The lowest BCUT2D eigenvalue weighted by molar-refractivity contribution is -0.117. The Hall–Kier alpha value is -3.46. The van der Waals surface area contributed by atoms with Crippen LogP contribution in [0.15, 0.2) is 46.5 Å². The number of aromatic nitrogens is 1. The summed E-state index contributed by atoms with van der Waals surface area (Å²) in [6.45, 7) is 0.973. The van der Waals surface area contributed by atoms with Gasteiger partial charge in [-0.15, -0.1) is 0 Å². The van der Waals surface area contributed by atoms with Gasteiger partial charge in [0.25, 0.3) is 0 Å². The molecule has 1 aromatic heterocycles. The van der Waals surface area contributed by atoms with Gasteiger partial charge in [0.05, 0.1) is 48.1 Å². The highest BCUT2D eigenvalue weighted by molar-refractivity contribution is 7.89. The highest BCUT2D eigenvalue weighted by Crippen LogP contribution is 2.37. The van der Waals surface area contributed by atoms with E-state index in [9.17, 15) is 18.0 Å². The number of fused-ring (bicyclic) bond motifs is 1. The van der Waals surface area contributed by atoms with Crippen LogP contribution in [0.25, 0.3) is 5.57 Å². The van der Waals surface area contributed by atoms with E-state index in [1.54, 1.807) is 24.3 Å². The Morgan fingerprint density at radius 1 is 1.36 bits per heavy atom. The first-order valence-electron chi connectivity index (χ1n) is 10.3. The second kappa shape index (κ2) is 9.19. The van der Waals surface area contributed by atoms with E-state index < -0.39 is 22.4 Å². The standard InChI is InChI=1S/C22H23N5O5S/c1-14(29)24-19-11-15(7-8-23-19)21-22(25-16-5-3-2-4-6-16)20-17(26-21)12-27(13-18(20)30)33(31,32)10-9-28/h2-3,5,11,25-26,28H,7-10,12-13H2,1H3,(H,23,24,29). The third-order valence-corrected chi connectivity index (χ3v) is 7.01. The molecule has 3 aliphatic rings. The van der Waals surface area contributed by atoms with Crippen LogP contribution in [-0.2, 0) is 21.4 Å². The number of H-pyrrole nitrogens is 1. The van der Waals surface area contributed by atoms with Crippen LogP contribution in [-0.4, -0.2) is 65.8 Å². The summed E-state index contributed by atoms with van der Waals surface area (Å²) in [5, 5.41) is 15.0. The number of aromatic amines is 1. The predicted octanol–water partition coefficient (Wildman–Crippen LogP) is 0.833. The zero-order valence-corrected chi connectivity index (χ0v) is 18.8. The van der Waals surface area contributed by atoms with E-state index in [2.05, 4.69) is 32.1 Å². The minimum atomic E-state index is -3.79. The molecule has 33 heavy (non-hydrogen) atoms. The molecule has 0 bridgehead atoms. The van der Waals surface area contributed by atoms with E-state index in [0.29, 0.717) is 47.1 Å². The Balaban J connectivity index is 1.80. The van der Waals surface area contributed by atoms with Crippen molar-refractivity contribution in [3.05, 3.63) is 58.4 Å². The molecule has 0 unspecified atom stereocenters. The molecule has 0 fully saturated rings. The van der Waals surface area contributed by atoms with Crippen LogP contribution < -0.4 is 10.6 Å². The van der Waals surface area contributed by atoms with Crippen LogP contribution in [0.3, 0.4) is 0 Å². The molecule has 0 radical (unpaired) electrons. The molecule has 1 aromatic rings. The smallest absolute Gasteiger partial charge is 0.222 e. The van der Waals surface area contributed by atoms with Gasteiger partial charge < -0.3 is 20.7 Å². The number of hydrogen-bond acceptors (Lipinski definition) is 7. The molecular weight excluding hydrogens is 446 g/mol. The van der Waals surface area contributed by atoms with Gasteiger partial charge in [0.15, 0.2) is 5.78 Å². The largest absolute Gasteiger partial charge is 0.395 e. The zero-order valence-electron chi connectivity index (χ0n) is 17.9. The van der Waals surface area contributed by atoms with Gasteiger partial charge in [0.2, 0.25) is 15.9 Å². The lowest BCUT2D eigenvalue weighted by Gasteiger charge is -2.25. The molecule has 2 aliphatic heterocycles. The van der Waals surface area contributed by atoms with Gasteiger partial charge in [0, 0.05) is 19.2 Å². The molecule has 0 saturated heterocycles. The summed E-state index contributed by atoms with van der Waals surface area (Å²) in [7, 11) is -3.79. The maximum absolute atomic E-state index is 13.1. The first-order valence-corrected chi connectivity index (χ1v) is 11.9. The Morgan fingerprint density at radius 3 is 2.88 bits per heavy atom. The van der Waals surface area contributed by atoms with E-state index in [1.807, 2.05) is 0 Å². The van der Waals surface area contributed by atoms with Crippen molar-refractivity contribution >= 4 is 38.8 Å². The molecule has 1 amide bonds. The average molecular weight is 470 g/mol. The SMILES string of the molecule is CC(=O)NC1=NCCC(c2[nH]c3c(c2NC2=C=C=CC=C2)C(=O)CN(S(=O)(=O)CCO)C3)=C1. The van der Waals surface area contributed by atoms with Crippen molar-refractivity contribution in [3.63, 3.8) is 0 Å². The quantitative estimate of drug-likeness (QED) is 0.455. The molecule has 0 aromatic carbocycles. The van der Waals surface area contributed by atoms with E-state index in [-0.39, 0.29) is 24.8 Å². The van der Waals surface area contributed by atoms with Crippen LogP contribution in [0.1, 0.15) is 35.1 Å². The van der Waals surface area contributed by atoms with Gasteiger partial charge in [-0.2, -0.15) is 4.31 Å². The topological polar surface area (TPSA) is 144 Å². The summed E-state index contributed by atoms with van der Waals surface area (Å²) in [6, 6.07) is 0. The van der Waals surface area contributed by atoms with Gasteiger partial charge in [-0.25, -0.2) is 8.42 Å².